The molecule has 0 aromatic carbocycles. The Bertz CT molecular complexity index is 450. The van der Waals surface area contributed by atoms with Gasteiger partial charge in [-0.1, -0.05) is 13.8 Å². The van der Waals surface area contributed by atoms with Crippen molar-refractivity contribution in [2.45, 2.75) is 46.1 Å². The van der Waals surface area contributed by atoms with Crippen LogP contribution >= 0.6 is 0 Å². The highest BCUT2D eigenvalue weighted by atomic mass is 16.5. The first-order valence-electron chi connectivity index (χ1n) is 7.60. The normalized spacial score (nSPS) is 22.0. The third kappa shape index (κ3) is 3.20. The van der Waals surface area contributed by atoms with E-state index in [0.717, 1.165) is 55.4 Å². The van der Waals surface area contributed by atoms with E-state index in [2.05, 4.69) is 41.4 Å². The first-order chi connectivity index (χ1) is 9.69. The summed E-state index contributed by atoms with van der Waals surface area (Å²) in [6.07, 6.45) is 3.44. The van der Waals surface area contributed by atoms with Crippen molar-refractivity contribution in [3.8, 4) is 0 Å². The van der Waals surface area contributed by atoms with Crippen LogP contribution in [0, 0.1) is 12.8 Å². The Kier molecular flexibility index (Phi) is 5.17. The lowest BCUT2D eigenvalue weighted by atomic mass is 10.00. The average Bonchev–Trinajstić information content (AvgIpc) is 2.93. The number of aromatic nitrogens is 2. The third-order valence-electron chi connectivity index (χ3n) is 4.03. The van der Waals surface area contributed by atoms with Crippen LogP contribution in [-0.4, -0.2) is 36.3 Å². The second kappa shape index (κ2) is 6.88. The van der Waals surface area contributed by atoms with E-state index in [0.29, 0.717) is 12.0 Å². The highest BCUT2D eigenvalue weighted by molar-refractivity contribution is 5.57. The van der Waals surface area contributed by atoms with Gasteiger partial charge in [0, 0.05) is 38.1 Å². The molecule has 1 aromatic rings. The molecular weight excluding hydrogens is 252 g/mol. The first-order valence-corrected chi connectivity index (χ1v) is 7.60. The molecule has 1 aliphatic rings. The Labute approximate surface area is 121 Å². The fourth-order valence-corrected chi connectivity index (χ4v) is 2.74. The van der Waals surface area contributed by atoms with Gasteiger partial charge in [0.25, 0.3) is 0 Å². The summed E-state index contributed by atoms with van der Waals surface area (Å²) in [5.74, 6) is 3.31. The third-order valence-corrected chi connectivity index (χ3v) is 4.03. The van der Waals surface area contributed by atoms with Gasteiger partial charge in [0.1, 0.15) is 17.5 Å². The molecule has 2 heterocycles. The van der Waals surface area contributed by atoms with Crippen LogP contribution < -0.4 is 10.6 Å². The van der Waals surface area contributed by atoms with Crippen LogP contribution in [-0.2, 0) is 11.2 Å². The van der Waals surface area contributed by atoms with Crippen molar-refractivity contribution >= 4 is 11.6 Å². The molecule has 1 saturated heterocycles. The molecule has 0 saturated carbocycles. The molecule has 0 bridgehead atoms. The molecule has 112 valence electrons. The van der Waals surface area contributed by atoms with Crippen molar-refractivity contribution < 1.29 is 4.74 Å². The van der Waals surface area contributed by atoms with E-state index in [4.69, 9.17) is 4.74 Å². The molecule has 2 N–H and O–H groups in total. The van der Waals surface area contributed by atoms with Gasteiger partial charge in [-0.05, 0) is 19.8 Å². The molecule has 1 fully saturated rings. The van der Waals surface area contributed by atoms with Gasteiger partial charge >= 0.3 is 0 Å². The van der Waals surface area contributed by atoms with E-state index >= 15 is 0 Å². The van der Waals surface area contributed by atoms with Gasteiger partial charge in [0.2, 0.25) is 0 Å². The van der Waals surface area contributed by atoms with Crippen molar-refractivity contribution in [2.75, 3.05) is 30.8 Å². The summed E-state index contributed by atoms with van der Waals surface area (Å²) in [4.78, 5) is 9.10. The van der Waals surface area contributed by atoms with E-state index < -0.39 is 0 Å². The standard InChI is InChI=1S/C15H26N4O/c1-5-12-11(7-8-20-12)9-17-15-10(3)14(16-4)18-13(6-2)19-15/h11-12H,5-9H2,1-4H3,(H2,16,17,18,19). The molecule has 0 amide bonds. The number of nitrogens with one attached hydrogen (secondary N) is 2. The number of rotatable bonds is 6. The molecule has 2 rings (SSSR count). The largest absolute Gasteiger partial charge is 0.378 e. The van der Waals surface area contributed by atoms with Crippen molar-refractivity contribution in [1.29, 1.82) is 0 Å². The van der Waals surface area contributed by atoms with Gasteiger partial charge in [0.05, 0.1) is 6.10 Å². The predicted octanol–water partition coefficient (Wildman–Crippen LogP) is 2.62. The van der Waals surface area contributed by atoms with Gasteiger partial charge in [-0.25, -0.2) is 9.97 Å². The topological polar surface area (TPSA) is 59.1 Å². The second-order valence-electron chi connectivity index (χ2n) is 5.31. The maximum atomic E-state index is 5.74. The molecule has 2 atom stereocenters. The fraction of sp³-hybridized carbons (Fsp3) is 0.733. The highest BCUT2D eigenvalue weighted by Crippen LogP contribution is 2.25. The van der Waals surface area contributed by atoms with E-state index in [1.54, 1.807) is 0 Å². The zero-order chi connectivity index (χ0) is 14.5. The number of hydrogen-bond donors (Lipinski definition) is 2. The SMILES string of the molecule is CCc1nc(NC)c(C)c(NCC2CCOC2CC)n1. The number of aryl methyl sites for hydroxylation is 1. The van der Waals surface area contributed by atoms with Gasteiger partial charge in [0.15, 0.2) is 0 Å². The molecule has 1 aliphatic heterocycles. The summed E-state index contributed by atoms with van der Waals surface area (Å²) in [5, 5.41) is 6.64. The minimum atomic E-state index is 0.388. The van der Waals surface area contributed by atoms with Gasteiger partial charge in [-0.15, -0.1) is 0 Å². The molecule has 0 aliphatic carbocycles. The Morgan fingerprint density at radius 3 is 2.65 bits per heavy atom. The smallest absolute Gasteiger partial charge is 0.134 e. The Morgan fingerprint density at radius 2 is 2.00 bits per heavy atom. The van der Waals surface area contributed by atoms with Crippen molar-refractivity contribution in [1.82, 2.24) is 9.97 Å². The summed E-state index contributed by atoms with van der Waals surface area (Å²) < 4.78 is 5.74. The van der Waals surface area contributed by atoms with Crippen molar-refractivity contribution in [3.63, 3.8) is 0 Å². The monoisotopic (exact) mass is 278 g/mol. The first kappa shape index (κ1) is 15.0. The maximum absolute atomic E-state index is 5.74. The number of ether oxygens (including phenoxy) is 1. The van der Waals surface area contributed by atoms with Crippen LogP contribution in [0.4, 0.5) is 11.6 Å². The lowest BCUT2D eigenvalue weighted by molar-refractivity contribution is 0.0900. The summed E-state index contributed by atoms with van der Waals surface area (Å²) >= 11 is 0. The van der Waals surface area contributed by atoms with Gasteiger partial charge < -0.3 is 15.4 Å². The molecule has 0 radical (unpaired) electrons. The molecule has 0 spiro atoms. The number of anilines is 2. The van der Waals surface area contributed by atoms with Crippen LogP contribution in [0.1, 0.15) is 38.1 Å². The van der Waals surface area contributed by atoms with Crippen LogP contribution in [0.15, 0.2) is 0 Å². The molecule has 5 heteroatoms. The van der Waals surface area contributed by atoms with Gasteiger partial charge in [-0.2, -0.15) is 0 Å². The Hall–Kier alpha value is -1.36. The van der Waals surface area contributed by atoms with Gasteiger partial charge in [-0.3, -0.25) is 0 Å². The average molecular weight is 278 g/mol. The summed E-state index contributed by atoms with van der Waals surface area (Å²) in [6.45, 7) is 8.12. The Morgan fingerprint density at radius 1 is 1.25 bits per heavy atom. The predicted molar refractivity (Wildman–Crippen MR) is 82.3 cm³/mol. The summed E-state index contributed by atoms with van der Waals surface area (Å²) in [6, 6.07) is 0. The highest BCUT2D eigenvalue weighted by Gasteiger charge is 2.26. The quantitative estimate of drug-likeness (QED) is 0.837. The lowest BCUT2D eigenvalue weighted by Crippen LogP contribution is -2.23. The molecule has 5 nitrogen and oxygen atoms in total. The van der Waals surface area contributed by atoms with Crippen molar-refractivity contribution in [2.24, 2.45) is 5.92 Å². The van der Waals surface area contributed by atoms with Crippen molar-refractivity contribution in [3.05, 3.63) is 11.4 Å². The molecule has 20 heavy (non-hydrogen) atoms. The molecule has 1 aromatic heterocycles. The maximum Gasteiger partial charge on any atom is 0.134 e. The zero-order valence-corrected chi connectivity index (χ0v) is 13.0. The Balaban J connectivity index is 2.08. The zero-order valence-electron chi connectivity index (χ0n) is 13.0. The lowest BCUT2D eigenvalue weighted by Gasteiger charge is -2.19. The minimum Gasteiger partial charge on any atom is -0.378 e. The second-order valence-corrected chi connectivity index (χ2v) is 5.31. The van der Waals surface area contributed by atoms with E-state index in [9.17, 15) is 0 Å². The molecule has 2 unspecified atom stereocenters. The number of hydrogen-bond acceptors (Lipinski definition) is 5. The summed E-state index contributed by atoms with van der Waals surface area (Å²) in [7, 11) is 1.90. The van der Waals surface area contributed by atoms with Crippen LogP contribution in [0.2, 0.25) is 0 Å². The summed E-state index contributed by atoms with van der Waals surface area (Å²) in [5.41, 5.74) is 1.08. The number of nitrogens with zero attached hydrogens (tertiary/aromatic N) is 2. The van der Waals surface area contributed by atoms with E-state index in [1.807, 2.05) is 7.05 Å². The van der Waals surface area contributed by atoms with Crippen LogP contribution in [0.25, 0.3) is 0 Å². The van der Waals surface area contributed by atoms with E-state index in [1.165, 1.54) is 0 Å². The minimum absolute atomic E-state index is 0.388. The van der Waals surface area contributed by atoms with Crippen LogP contribution in [0.5, 0.6) is 0 Å². The molecular formula is C15H26N4O. The van der Waals surface area contributed by atoms with Crippen LogP contribution in [0.3, 0.4) is 0 Å². The van der Waals surface area contributed by atoms with E-state index in [-0.39, 0.29) is 0 Å². The fourth-order valence-electron chi connectivity index (χ4n) is 2.74.